The van der Waals surface area contributed by atoms with Crippen molar-refractivity contribution < 1.29 is 14.6 Å². The lowest BCUT2D eigenvalue weighted by molar-refractivity contribution is 0.240. The van der Waals surface area contributed by atoms with Gasteiger partial charge in [-0.2, -0.15) is 0 Å². The number of thiol groups is 1. The molecule has 0 unspecified atom stereocenters. The van der Waals surface area contributed by atoms with E-state index in [9.17, 15) is 9.90 Å². The molecule has 3 aromatic rings. The Hall–Kier alpha value is -3.07. The predicted octanol–water partition coefficient (Wildman–Crippen LogP) is 3.10. The number of amides is 2. The van der Waals surface area contributed by atoms with Crippen molar-refractivity contribution in [2.24, 2.45) is 0 Å². The summed E-state index contributed by atoms with van der Waals surface area (Å²) in [6.07, 6.45) is 1.46. The first-order valence-corrected chi connectivity index (χ1v) is 8.20. The number of nitrogens with one attached hydrogen (secondary N) is 1. The minimum Gasteiger partial charge on any atom is -0.504 e. The van der Waals surface area contributed by atoms with Gasteiger partial charge < -0.3 is 9.84 Å². The molecule has 0 bridgehead atoms. The fraction of sp³-hybridized carbons (Fsp3) is 0.176. The maximum atomic E-state index is 11.9. The van der Waals surface area contributed by atoms with E-state index in [1.54, 1.807) is 31.2 Å². The average molecular weight is 371 g/mol. The Kier molecular flexibility index (Phi) is 5.08. The van der Waals surface area contributed by atoms with Crippen LogP contribution in [0, 0.1) is 0 Å². The molecule has 3 rings (SSSR count). The summed E-state index contributed by atoms with van der Waals surface area (Å²) < 4.78 is 6.35. The van der Waals surface area contributed by atoms with Crippen molar-refractivity contribution >= 4 is 35.8 Å². The van der Waals surface area contributed by atoms with Gasteiger partial charge in [0.1, 0.15) is 5.52 Å². The zero-order chi connectivity index (χ0) is 18.7. The normalized spacial score (nSPS) is 10.6. The highest BCUT2D eigenvalue weighted by molar-refractivity contribution is 7.78. The van der Waals surface area contributed by atoms with Crippen molar-refractivity contribution in [2.75, 3.05) is 19.0 Å². The van der Waals surface area contributed by atoms with Crippen molar-refractivity contribution in [1.29, 1.82) is 0 Å². The van der Waals surface area contributed by atoms with E-state index < -0.39 is 6.03 Å². The molecule has 8 nitrogen and oxygen atoms in total. The largest absolute Gasteiger partial charge is 0.504 e. The van der Waals surface area contributed by atoms with E-state index in [1.165, 1.54) is 23.7 Å². The van der Waals surface area contributed by atoms with Crippen LogP contribution in [0.25, 0.3) is 22.4 Å². The number of urea groups is 1. The highest BCUT2D eigenvalue weighted by atomic mass is 32.1. The molecule has 0 aliphatic rings. The van der Waals surface area contributed by atoms with Crippen LogP contribution in [0.3, 0.4) is 0 Å². The summed E-state index contributed by atoms with van der Waals surface area (Å²) in [4.78, 5) is 25.0. The molecular weight excluding hydrogens is 354 g/mol. The smallest absolute Gasteiger partial charge is 0.332 e. The first kappa shape index (κ1) is 17.7. The van der Waals surface area contributed by atoms with Crippen LogP contribution >= 0.6 is 12.8 Å². The van der Waals surface area contributed by atoms with Gasteiger partial charge in [-0.3, -0.25) is 9.62 Å². The Bertz CT molecular complexity index is 966. The summed E-state index contributed by atoms with van der Waals surface area (Å²) in [5.41, 5.74) is 2.37. The van der Waals surface area contributed by atoms with E-state index in [0.717, 1.165) is 5.56 Å². The molecule has 26 heavy (non-hydrogen) atoms. The number of pyridine rings is 1. The molecular formula is C17H17N5O3S. The van der Waals surface area contributed by atoms with E-state index >= 15 is 0 Å². The predicted molar refractivity (Wildman–Crippen MR) is 101 cm³/mol. The topological polar surface area (TPSA) is 100 Å². The molecule has 2 amide bonds. The number of hydrogen-bond donors (Lipinski definition) is 3. The standard InChI is InChI=1S/C17H17N5O3S/c1-3-22(26)17(24)21-15-9-18-12-6-5-11(19-16(12)20-15)10-4-7-13(23)14(8-10)25-2/h4-9,23,26H,3H2,1-2H3,(H,19,20,21,24). The van der Waals surface area contributed by atoms with Crippen LogP contribution in [0.2, 0.25) is 0 Å². The second-order valence-electron chi connectivity index (χ2n) is 5.33. The lowest BCUT2D eigenvalue weighted by atomic mass is 10.1. The molecule has 0 saturated heterocycles. The number of methoxy groups -OCH3 is 1. The van der Waals surface area contributed by atoms with Gasteiger partial charge in [0.25, 0.3) is 0 Å². The van der Waals surface area contributed by atoms with Gasteiger partial charge in [0.05, 0.1) is 19.0 Å². The molecule has 2 aromatic heterocycles. The molecule has 2 heterocycles. The number of carbonyl (C=O) groups excluding carboxylic acids is 1. The number of carbonyl (C=O) groups is 1. The second-order valence-corrected chi connectivity index (χ2v) is 5.81. The number of aromatic nitrogens is 3. The van der Waals surface area contributed by atoms with Gasteiger partial charge in [-0.15, -0.1) is 0 Å². The summed E-state index contributed by atoms with van der Waals surface area (Å²) in [7, 11) is 1.48. The molecule has 0 aliphatic carbocycles. The van der Waals surface area contributed by atoms with Gasteiger partial charge in [0.2, 0.25) is 0 Å². The third kappa shape index (κ3) is 3.62. The molecule has 0 atom stereocenters. The van der Waals surface area contributed by atoms with Crippen LogP contribution in [0.4, 0.5) is 10.6 Å². The summed E-state index contributed by atoms with van der Waals surface area (Å²) in [5, 5.41) is 12.3. The lowest BCUT2D eigenvalue weighted by Crippen LogP contribution is -2.27. The van der Waals surface area contributed by atoms with E-state index in [4.69, 9.17) is 4.74 Å². The molecule has 2 N–H and O–H groups in total. The third-order valence-electron chi connectivity index (χ3n) is 3.65. The monoisotopic (exact) mass is 371 g/mol. The van der Waals surface area contributed by atoms with Crippen LogP contribution in [0.1, 0.15) is 6.92 Å². The van der Waals surface area contributed by atoms with Crippen molar-refractivity contribution in [3.8, 4) is 22.8 Å². The van der Waals surface area contributed by atoms with Gasteiger partial charge in [0, 0.05) is 12.1 Å². The first-order valence-electron chi connectivity index (χ1n) is 7.80. The van der Waals surface area contributed by atoms with Crippen LogP contribution in [-0.2, 0) is 0 Å². The minimum absolute atomic E-state index is 0.0501. The Morgan fingerprint density at radius 3 is 2.85 bits per heavy atom. The molecule has 134 valence electrons. The average Bonchev–Trinajstić information content (AvgIpc) is 2.67. The van der Waals surface area contributed by atoms with Crippen molar-refractivity contribution in [3.05, 3.63) is 36.5 Å². The Morgan fingerprint density at radius 1 is 1.31 bits per heavy atom. The minimum atomic E-state index is -0.399. The highest BCUT2D eigenvalue weighted by Crippen LogP contribution is 2.31. The maximum absolute atomic E-state index is 11.9. The van der Waals surface area contributed by atoms with Crippen LogP contribution < -0.4 is 10.1 Å². The van der Waals surface area contributed by atoms with E-state index in [2.05, 4.69) is 33.1 Å². The fourth-order valence-corrected chi connectivity index (χ4v) is 2.32. The van der Waals surface area contributed by atoms with Crippen LogP contribution in [-0.4, -0.2) is 44.0 Å². The number of benzene rings is 1. The second kappa shape index (κ2) is 7.44. The Morgan fingerprint density at radius 2 is 2.12 bits per heavy atom. The summed E-state index contributed by atoms with van der Waals surface area (Å²) >= 11 is 4.04. The maximum Gasteiger partial charge on any atom is 0.332 e. The van der Waals surface area contributed by atoms with E-state index in [1.807, 2.05) is 0 Å². The fourth-order valence-electron chi connectivity index (χ4n) is 2.27. The zero-order valence-electron chi connectivity index (χ0n) is 14.2. The van der Waals surface area contributed by atoms with Crippen molar-refractivity contribution in [1.82, 2.24) is 19.3 Å². The number of anilines is 1. The van der Waals surface area contributed by atoms with E-state index in [0.29, 0.717) is 29.2 Å². The Labute approximate surface area is 155 Å². The van der Waals surface area contributed by atoms with Crippen molar-refractivity contribution in [2.45, 2.75) is 6.92 Å². The number of phenols is 1. The molecule has 1 aromatic carbocycles. The van der Waals surface area contributed by atoms with Crippen LogP contribution in [0.15, 0.2) is 36.5 Å². The van der Waals surface area contributed by atoms with Gasteiger partial charge in [-0.05, 0) is 37.3 Å². The molecule has 0 spiro atoms. The summed E-state index contributed by atoms with van der Waals surface area (Å²) in [6.45, 7) is 2.25. The molecule has 0 radical (unpaired) electrons. The number of phenolic OH excluding ortho intramolecular Hbond substituents is 1. The number of aromatic hydroxyl groups is 1. The van der Waals surface area contributed by atoms with Gasteiger partial charge in [-0.25, -0.2) is 19.7 Å². The lowest BCUT2D eigenvalue weighted by Gasteiger charge is -2.13. The Balaban J connectivity index is 1.95. The number of rotatable bonds is 4. The molecule has 0 fully saturated rings. The third-order valence-corrected chi connectivity index (χ3v) is 4.12. The number of nitrogens with zero attached hydrogens (tertiary/aromatic N) is 4. The van der Waals surface area contributed by atoms with Gasteiger partial charge in [-0.1, -0.05) is 12.8 Å². The molecule has 0 saturated carbocycles. The molecule has 9 heteroatoms. The summed E-state index contributed by atoms with van der Waals surface area (Å²) in [5.74, 6) is 0.682. The quantitative estimate of drug-likeness (QED) is 0.609. The van der Waals surface area contributed by atoms with Gasteiger partial charge >= 0.3 is 6.03 Å². The molecule has 0 aliphatic heterocycles. The number of fused-ring (bicyclic) bond motifs is 1. The van der Waals surface area contributed by atoms with E-state index in [-0.39, 0.29) is 11.6 Å². The van der Waals surface area contributed by atoms with Crippen molar-refractivity contribution in [3.63, 3.8) is 0 Å². The first-order chi connectivity index (χ1) is 12.5. The summed E-state index contributed by atoms with van der Waals surface area (Å²) in [6, 6.07) is 8.13. The van der Waals surface area contributed by atoms with Gasteiger partial charge in [0.15, 0.2) is 23.0 Å². The number of hydrogen-bond acceptors (Lipinski definition) is 7. The zero-order valence-corrected chi connectivity index (χ0v) is 15.1. The van der Waals surface area contributed by atoms with Crippen LogP contribution in [0.5, 0.6) is 11.5 Å². The number of ether oxygens (including phenoxy) is 1. The highest BCUT2D eigenvalue weighted by Gasteiger charge is 2.11. The SMILES string of the molecule is CCN(S)C(=O)Nc1cnc2ccc(-c3ccc(O)c(OC)c3)nc2n1.